The topological polar surface area (TPSA) is 0 Å². The molecule has 0 saturated heterocycles. The minimum Gasteiger partial charge on any atom is -0.207 e. The van der Waals surface area contributed by atoms with Crippen LogP contribution in [0.2, 0.25) is 0 Å². The molecule has 1 aromatic rings. The van der Waals surface area contributed by atoms with Gasteiger partial charge in [0.2, 0.25) is 0 Å². The normalized spacial score (nSPS) is 10.8. The SMILES string of the molecule is CCCCCCCCc1cc(F)c(C)c(F)c1. The first-order valence-electron chi connectivity index (χ1n) is 6.59. The van der Waals surface area contributed by atoms with Gasteiger partial charge in [-0.1, -0.05) is 39.0 Å². The van der Waals surface area contributed by atoms with E-state index in [1.165, 1.54) is 44.7 Å². The third kappa shape index (κ3) is 4.84. The van der Waals surface area contributed by atoms with E-state index in [0.29, 0.717) is 0 Å². The van der Waals surface area contributed by atoms with Crippen LogP contribution in [0.4, 0.5) is 8.78 Å². The Balaban J connectivity index is 2.32. The Labute approximate surface area is 103 Å². The summed E-state index contributed by atoms with van der Waals surface area (Å²) in [5, 5.41) is 0. The van der Waals surface area contributed by atoms with Gasteiger partial charge in [0, 0.05) is 5.56 Å². The molecule has 17 heavy (non-hydrogen) atoms. The minimum atomic E-state index is -0.425. The number of aryl methyl sites for hydroxylation is 1. The standard InChI is InChI=1S/C15H22F2/c1-3-4-5-6-7-8-9-13-10-14(16)12(2)15(17)11-13/h10-11H,3-9H2,1-2H3. The minimum absolute atomic E-state index is 0.122. The third-order valence-electron chi connectivity index (χ3n) is 3.16. The summed E-state index contributed by atoms with van der Waals surface area (Å²) in [5.74, 6) is -0.850. The van der Waals surface area contributed by atoms with Crippen molar-refractivity contribution in [3.63, 3.8) is 0 Å². The Hall–Kier alpha value is -0.920. The summed E-state index contributed by atoms with van der Waals surface area (Å²) < 4.78 is 26.6. The summed E-state index contributed by atoms with van der Waals surface area (Å²) in [4.78, 5) is 0. The van der Waals surface area contributed by atoms with Crippen molar-refractivity contribution in [3.05, 3.63) is 34.9 Å². The molecule has 0 bridgehead atoms. The maximum absolute atomic E-state index is 13.3. The van der Waals surface area contributed by atoms with Crippen LogP contribution in [0.3, 0.4) is 0 Å². The zero-order valence-corrected chi connectivity index (χ0v) is 10.9. The first kappa shape index (κ1) is 14.1. The van der Waals surface area contributed by atoms with Crippen LogP contribution < -0.4 is 0 Å². The lowest BCUT2D eigenvalue weighted by Crippen LogP contribution is -1.94. The second-order valence-electron chi connectivity index (χ2n) is 4.70. The molecule has 0 aliphatic carbocycles. The monoisotopic (exact) mass is 240 g/mol. The van der Waals surface area contributed by atoms with Crippen molar-refractivity contribution in [1.82, 2.24) is 0 Å². The number of hydrogen-bond donors (Lipinski definition) is 0. The lowest BCUT2D eigenvalue weighted by molar-refractivity contribution is 0.560. The molecule has 1 aromatic carbocycles. The lowest BCUT2D eigenvalue weighted by Gasteiger charge is -2.05. The van der Waals surface area contributed by atoms with Crippen LogP contribution in [0.25, 0.3) is 0 Å². The van der Waals surface area contributed by atoms with Crippen LogP contribution in [0.1, 0.15) is 56.6 Å². The fourth-order valence-electron chi connectivity index (χ4n) is 1.95. The molecular formula is C15H22F2. The maximum Gasteiger partial charge on any atom is 0.129 e. The molecule has 0 heterocycles. The first-order chi connectivity index (χ1) is 8.15. The van der Waals surface area contributed by atoms with Gasteiger partial charge in [0.05, 0.1) is 0 Å². The van der Waals surface area contributed by atoms with Gasteiger partial charge < -0.3 is 0 Å². The largest absolute Gasteiger partial charge is 0.207 e. The van der Waals surface area contributed by atoms with Crippen LogP contribution in [-0.4, -0.2) is 0 Å². The van der Waals surface area contributed by atoms with Crippen molar-refractivity contribution < 1.29 is 8.78 Å². The summed E-state index contributed by atoms with van der Waals surface area (Å²) in [6.07, 6.45) is 7.98. The van der Waals surface area contributed by atoms with Gasteiger partial charge in [-0.15, -0.1) is 0 Å². The molecule has 0 N–H and O–H groups in total. The first-order valence-corrected chi connectivity index (χ1v) is 6.59. The Kier molecular flexibility index (Phi) is 6.17. The Morgan fingerprint density at radius 2 is 1.41 bits per heavy atom. The third-order valence-corrected chi connectivity index (χ3v) is 3.16. The number of benzene rings is 1. The molecule has 0 spiro atoms. The van der Waals surface area contributed by atoms with E-state index in [9.17, 15) is 8.78 Å². The van der Waals surface area contributed by atoms with Gasteiger partial charge in [0.1, 0.15) is 11.6 Å². The predicted molar refractivity (Wildman–Crippen MR) is 68.2 cm³/mol. The average Bonchev–Trinajstić information content (AvgIpc) is 2.30. The number of rotatable bonds is 7. The van der Waals surface area contributed by atoms with Crippen LogP contribution in [0.5, 0.6) is 0 Å². The molecule has 0 radical (unpaired) electrons. The van der Waals surface area contributed by atoms with Crippen molar-refractivity contribution in [2.45, 2.75) is 58.8 Å². The van der Waals surface area contributed by atoms with Crippen LogP contribution in [-0.2, 0) is 6.42 Å². The van der Waals surface area contributed by atoms with E-state index in [-0.39, 0.29) is 5.56 Å². The average molecular weight is 240 g/mol. The van der Waals surface area contributed by atoms with Crippen molar-refractivity contribution in [1.29, 1.82) is 0 Å². The van der Waals surface area contributed by atoms with Crippen LogP contribution >= 0.6 is 0 Å². The lowest BCUT2D eigenvalue weighted by atomic mass is 10.0. The van der Waals surface area contributed by atoms with E-state index in [1.807, 2.05) is 0 Å². The molecule has 1 rings (SSSR count). The molecule has 0 fully saturated rings. The molecule has 0 unspecified atom stereocenters. The number of hydrogen-bond acceptors (Lipinski definition) is 0. The maximum atomic E-state index is 13.3. The summed E-state index contributed by atoms with van der Waals surface area (Å²) in [5.41, 5.74) is 0.901. The van der Waals surface area contributed by atoms with E-state index in [2.05, 4.69) is 6.92 Å². The quantitative estimate of drug-likeness (QED) is 0.576. The van der Waals surface area contributed by atoms with Gasteiger partial charge in [-0.05, 0) is 37.5 Å². The van der Waals surface area contributed by atoms with E-state index < -0.39 is 11.6 Å². The predicted octanol–water partition coefficient (Wildman–Crippen LogP) is 5.18. The molecule has 2 heteroatoms. The Bertz CT molecular complexity index is 322. The zero-order valence-electron chi connectivity index (χ0n) is 10.9. The number of halogens is 2. The van der Waals surface area contributed by atoms with Gasteiger partial charge in [0.25, 0.3) is 0 Å². The van der Waals surface area contributed by atoms with E-state index >= 15 is 0 Å². The molecular weight excluding hydrogens is 218 g/mol. The second kappa shape index (κ2) is 7.41. The van der Waals surface area contributed by atoms with Gasteiger partial charge in [-0.2, -0.15) is 0 Å². The van der Waals surface area contributed by atoms with Crippen molar-refractivity contribution in [2.75, 3.05) is 0 Å². The summed E-state index contributed by atoms with van der Waals surface area (Å²) >= 11 is 0. The molecule has 0 atom stereocenters. The van der Waals surface area contributed by atoms with Gasteiger partial charge >= 0.3 is 0 Å². The van der Waals surface area contributed by atoms with Crippen molar-refractivity contribution in [2.24, 2.45) is 0 Å². The molecule has 96 valence electrons. The fourth-order valence-corrected chi connectivity index (χ4v) is 1.95. The highest BCUT2D eigenvalue weighted by Crippen LogP contribution is 2.16. The summed E-state index contributed by atoms with van der Waals surface area (Å²) in [6, 6.07) is 2.93. The Morgan fingerprint density at radius 1 is 0.882 bits per heavy atom. The van der Waals surface area contributed by atoms with Crippen molar-refractivity contribution >= 4 is 0 Å². The van der Waals surface area contributed by atoms with Crippen LogP contribution in [0.15, 0.2) is 12.1 Å². The van der Waals surface area contributed by atoms with Crippen molar-refractivity contribution in [3.8, 4) is 0 Å². The van der Waals surface area contributed by atoms with Gasteiger partial charge in [0.15, 0.2) is 0 Å². The van der Waals surface area contributed by atoms with Gasteiger partial charge in [-0.3, -0.25) is 0 Å². The van der Waals surface area contributed by atoms with E-state index in [4.69, 9.17) is 0 Å². The molecule has 0 saturated carbocycles. The fraction of sp³-hybridized carbons (Fsp3) is 0.600. The molecule has 0 aliphatic rings. The van der Waals surface area contributed by atoms with E-state index in [0.717, 1.165) is 24.8 Å². The molecule has 0 nitrogen and oxygen atoms in total. The highest BCUT2D eigenvalue weighted by Gasteiger charge is 2.06. The highest BCUT2D eigenvalue weighted by molar-refractivity contribution is 5.25. The Morgan fingerprint density at radius 3 is 2.00 bits per heavy atom. The second-order valence-corrected chi connectivity index (χ2v) is 4.70. The molecule has 0 aromatic heterocycles. The van der Waals surface area contributed by atoms with Crippen LogP contribution in [0, 0.1) is 18.6 Å². The summed E-state index contributed by atoms with van der Waals surface area (Å²) in [6.45, 7) is 3.66. The van der Waals surface area contributed by atoms with E-state index in [1.54, 1.807) is 0 Å². The van der Waals surface area contributed by atoms with Gasteiger partial charge in [-0.25, -0.2) is 8.78 Å². The smallest absolute Gasteiger partial charge is 0.129 e. The summed E-state index contributed by atoms with van der Waals surface area (Å²) in [7, 11) is 0. The highest BCUT2D eigenvalue weighted by atomic mass is 19.1. The zero-order chi connectivity index (χ0) is 12.7. The molecule has 0 aliphatic heterocycles. The molecule has 0 amide bonds. The number of unbranched alkanes of at least 4 members (excludes halogenated alkanes) is 5.